The van der Waals surface area contributed by atoms with Gasteiger partial charge in [-0.1, -0.05) is 0 Å². The van der Waals surface area contributed by atoms with Gasteiger partial charge in [-0.15, -0.1) is 0 Å². The van der Waals surface area contributed by atoms with Crippen LogP contribution >= 0.6 is 0 Å². The Labute approximate surface area is 110 Å². The number of hydrogen-bond acceptors (Lipinski definition) is 5. The first-order chi connectivity index (χ1) is 9.16. The fraction of sp³-hybridized carbons (Fsp3) is 0.231. The minimum Gasteiger partial charge on any atom is -0.347 e. The molecule has 6 heteroatoms. The molecule has 0 saturated heterocycles. The molecule has 3 aromatic rings. The van der Waals surface area contributed by atoms with Crippen molar-refractivity contribution in [3.05, 3.63) is 36.3 Å². The topological polar surface area (TPSA) is 59.2 Å². The van der Waals surface area contributed by atoms with Crippen molar-refractivity contribution in [2.24, 2.45) is 0 Å². The van der Waals surface area contributed by atoms with Crippen molar-refractivity contribution in [2.75, 3.05) is 19.0 Å². The van der Waals surface area contributed by atoms with Crippen molar-refractivity contribution in [1.82, 2.24) is 24.8 Å². The highest BCUT2D eigenvalue weighted by molar-refractivity contribution is 5.80. The molecular formula is C13H14N6. The molecule has 0 saturated carbocycles. The summed E-state index contributed by atoms with van der Waals surface area (Å²) in [6, 6.07) is 3.85. The standard InChI is InChI=1S/C13H14N6/c1-9-4-7-15-19-12(9)10(8-16-19)11-5-6-14-13(17-11)18(2)3/h4-8H,1-3H3. The predicted octanol–water partition coefficient (Wildman–Crippen LogP) is 1.56. The van der Waals surface area contributed by atoms with Crippen LogP contribution in [0.15, 0.2) is 30.7 Å². The Hall–Kier alpha value is -2.50. The van der Waals surface area contributed by atoms with Crippen molar-refractivity contribution in [3.8, 4) is 11.3 Å². The van der Waals surface area contributed by atoms with Gasteiger partial charge in [-0.25, -0.2) is 9.97 Å². The molecule has 0 aliphatic rings. The van der Waals surface area contributed by atoms with E-state index in [9.17, 15) is 0 Å². The van der Waals surface area contributed by atoms with Crippen LogP contribution in [0.1, 0.15) is 5.56 Å². The number of aromatic nitrogens is 5. The fourth-order valence-corrected chi connectivity index (χ4v) is 1.99. The third-order valence-electron chi connectivity index (χ3n) is 2.94. The van der Waals surface area contributed by atoms with Crippen LogP contribution in [0.25, 0.3) is 16.8 Å². The number of fused-ring (bicyclic) bond motifs is 1. The van der Waals surface area contributed by atoms with E-state index >= 15 is 0 Å². The van der Waals surface area contributed by atoms with E-state index in [1.807, 2.05) is 38.1 Å². The molecule has 3 heterocycles. The third kappa shape index (κ3) is 1.91. The molecule has 0 aliphatic heterocycles. The first-order valence-electron chi connectivity index (χ1n) is 5.97. The lowest BCUT2D eigenvalue weighted by molar-refractivity contribution is 0.796. The normalized spacial score (nSPS) is 10.9. The van der Waals surface area contributed by atoms with E-state index in [2.05, 4.69) is 20.2 Å². The monoisotopic (exact) mass is 254 g/mol. The molecule has 0 radical (unpaired) electrons. The van der Waals surface area contributed by atoms with Gasteiger partial charge in [0.05, 0.1) is 17.4 Å². The summed E-state index contributed by atoms with van der Waals surface area (Å²) in [7, 11) is 3.84. The maximum absolute atomic E-state index is 4.54. The zero-order valence-electron chi connectivity index (χ0n) is 11.1. The summed E-state index contributed by atoms with van der Waals surface area (Å²) in [6.07, 6.45) is 5.29. The van der Waals surface area contributed by atoms with Crippen LogP contribution in [0.3, 0.4) is 0 Å². The summed E-state index contributed by atoms with van der Waals surface area (Å²) >= 11 is 0. The van der Waals surface area contributed by atoms with E-state index in [1.54, 1.807) is 23.2 Å². The smallest absolute Gasteiger partial charge is 0.225 e. The number of aryl methyl sites for hydroxylation is 1. The third-order valence-corrected chi connectivity index (χ3v) is 2.94. The number of nitrogens with zero attached hydrogens (tertiary/aromatic N) is 6. The van der Waals surface area contributed by atoms with Crippen molar-refractivity contribution in [1.29, 1.82) is 0 Å². The molecule has 19 heavy (non-hydrogen) atoms. The molecule has 0 aromatic carbocycles. The van der Waals surface area contributed by atoms with Crippen molar-refractivity contribution >= 4 is 11.5 Å². The fourth-order valence-electron chi connectivity index (χ4n) is 1.99. The van der Waals surface area contributed by atoms with Crippen LogP contribution in [0, 0.1) is 6.92 Å². The van der Waals surface area contributed by atoms with Gasteiger partial charge in [0.25, 0.3) is 0 Å². The van der Waals surface area contributed by atoms with E-state index in [-0.39, 0.29) is 0 Å². The zero-order chi connectivity index (χ0) is 13.4. The Morgan fingerprint density at radius 1 is 1.11 bits per heavy atom. The van der Waals surface area contributed by atoms with Gasteiger partial charge in [0.15, 0.2) is 0 Å². The van der Waals surface area contributed by atoms with E-state index in [4.69, 9.17) is 0 Å². The van der Waals surface area contributed by atoms with Gasteiger partial charge >= 0.3 is 0 Å². The van der Waals surface area contributed by atoms with Gasteiger partial charge in [-0.2, -0.15) is 14.8 Å². The van der Waals surface area contributed by atoms with Crippen LogP contribution in [0.2, 0.25) is 0 Å². The van der Waals surface area contributed by atoms with Crippen LogP contribution in [0.5, 0.6) is 0 Å². The molecule has 3 aromatic heterocycles. The average Bonchev–Trinajstić information content (AvgIpc) is 2.84. The summed E-state index contributed by atoms with van der Waals surface area (Å²) in [5, 5.41) is 8.46. The second kappa shape index (κ2) is 4.31. The van der Waals surface area contributed by atoms with Crippen molar-refractivity contribution in [2.45, 2.75) is 6.92 Å². The van der Waals surface area contributed by atoms with Gasteiger partial charge in [0, 0.05) is 32.1 Å². The first-order valence-corrected chi connectivity index (χ1v) is 5.97. The van der Waals surface area contributed by atoms with Gasteiger partial charge in [-0.05, 0) is 24.6 Å². The first kappa shape index (κ1) is 11.6. The molecule has 0 atom stereocenters. The lowest BCUT2D eigenvalue weighted by Crippen LogP contribution is -2.12. The predicted molar refractivity (Wildman–Crippen MR) is 73.1 cm³/mol. The summed E-state index contributed by atoms with van der Waals surface area (Å²) in [4.78, 5) is 10.6. The SMILES string of the molecule is Cc1ccnn2ncc(-c3ccnc(N(C)C)n3)c12. The highest BCUT2D eigenvalue weighted by atomic mass is 15.4. The molecule has 96 valence electrons. The molecule has 0 spiro atoms. The molecular weight excluding hydrogens is 240 g/mol. The van der Waals surface area contributed by atoms with E-state index < -0.39 is 0 Å². The van der Waals surface area contributed by atoms with E-state index in [0.29, 0.717) is 5.95 Å². The molecule has 0 bridgehead atoms. The Morgan fingerprint density at radius 3 is 2.74 bits per heavy atom. The van der Waals surface area contributed by atoms with E-state index in [1.165, 1.54) is 0 Å². The summed E-state index contributed by atoms with van der Waals surface area (Å²) < 4.78 is 1.63. The van der Waals surface area contributed by atoms with E-state index in [0.717, 1.165) is 22.3 Å². The lowest BCUT2D eigenvalue weighted by atomic mass is 10.1. The van der Waals surface area contributed by atoms with Gasteiger partial charge in [-0.3, -0.25) is 0 Å². The Kier molecular flexibility index (Phi) is 2.63. The number of rotatable bonds is 2. The second-order valence-corrected chi connectivity index (χ2v) is 4.55. The Morgan fingerprint density at radius 2 is 1.95 bits per heavy atom. The molecule has 0 N–H and O–H groups in total. The molecule has 3 rings (SSSR count). The highest BCUT2D eigenvalue weighted by Gasteiger charge is 2.12. The molecule has 0 aliphatic carbocycles. The summed E-state index contributed by atoms with van der Waals surface area (Å²) in [5.41, 5.74) is 3.92. The van der Waals surface area contributed by atoms with Crippen molar-refractivity contribution < 1.29 is 0 Å². The van der Waals surface area contributed by atoms with Gasteiger partial charge < -0.3 is 4.90 Å². The average molecular weight is 254 g/mol. The maximum Gasteiger partial charge on any atom is 0.225 e. The van der Waals surface area contributed by atoms with Gasteiger partial charge in [0.1, 0.15) is 0 Å². The Balaban J connectivity index is 2.22. The summed E-state index contributed by atoms with van der Waals surface area (Å²) in [6.45, 7) is 2.04. The van der Waals surface area contributed by atoms with Crippen LogP contribution in [-0.4, -0.2) is 38.9 Å². The maximum atomic E-state index is 4.54. The van der Waals surface area contributed by atoms with Crippen LogP contribution in [-0.2, 0) is 0 Å². The molecule has 0 amide bonds. The molecule has 6 nitrogen and oxygen atoms in total. The lowest BCUT2D eigenvalue weighted by Gasteiger charge is -2.10. The highest BCUT2D eigenvalue weighted by Crippen LogP contribution is 2.25. The number of hydrogen-bond donors (Lipinski definition) is 0. The van der Waals surface area contributed by atoms with Crippen LogP contribution < -0.4 is 4.90 Å². The minimum atomic E-state index is 0.679. The minimum absolute atomic E-state index is 0.679. The van der Waals surface area contributed by atoms with Gasteiger partial charge in [0.2, 0.25) is 5.95 Å². The van der Waals surface area contributed by atoms with Crippen LogP contribution in [0.4, 0.5) is 5.95 Å². The summed E-state index contributed by atoms with van der Waals surface area (Å²) in [5.74, 6) is 0.679. The molecule has 0 unspecified atom stereocenters. The van der Waals surface area contributed by atoms with Crippen molar-refractivity contribution in [3.63, 3.8) is 0 Å². The quantitative estimate of drug-likeness (QED) is 0.694. The largest absolute Gasteiger partial charge is 0.347 e. The Bertz CT molecular complexity index is 731. The number of anilines is 1. The zero-order valence-corrected chi connectivity index (χ0v) is 11.1. The molecule has 0 fully saturated rings. The second-order valence-electron chi connectivity index (χ2n) is 4.55.